The van der Waals surface area contributed by atoms with Gasteiger partial charge in [-0.1, -0.05) is 49.9 Å². The van der Waals surface area contributed by atoms with Crippen LogP contribution in [0, 0.1) is 0 Å². The molecule has 0 unspecified atom stereocenters. The fourth-order valence-corrected chi connectivity index (χ4v) is 4.75. The number of benzene rings is 1. The number of thiophene rings is 1. The maximum atomic E-state index is 12.4. The summed E-state index contributed by atoms with van der Waals surface area (Å²) in [6.45, 7) is 4.63. The molecule has 174 valence electrons. The summed E-state index contributed by atoms with van der Waals surface area (Å²) in [5.74, 6) is 0.510. The number of amides is 3. The molecular formula is C24H24N6O2S2. The standard InChI is InChI=1S/C24H24N6O2S2/c1-16(2)19-9-3-4-10-20(19)30-22(17-7-5-11-25-13-17)28-29-24(30)34-15-21(31)27-23(32)26-14-18-8-6-12-33-18/h3-13,16H,14-15H2,1-2H3,(H2,26,27,31,32). The van der Waals surface area contributed by atoms with Crippen LogP contribution in [0.5, 0.6) is 0 Å². The SMILES string of the molecule is CC(C)c1ccccc1-n1c(SCC(=O)NC(=O)NCc2cccs2)nnc1-c1cccnc1. The van der Waals surface area contributed by atoms with Crippen LogP contribution in [0.3, 0.4) is 0 Å². The zero-order valence-electron chi connectivity index (χ0n) is 18.8. The number of para-hydroxylation sites is 1. The Hall–Kier alpha value is -3.50. The summed E-state index contributed by atoms with van der Waals surface area (Å²) in [5, 5.41) is 16.3. The molecule has 3 amide bonds. The highest BCUT2D eigenvalue weighted by molar-refractivity contribution is 7.99. The minimum Gasteiger partial charge on any atom is -0.333 e. The summed E-state index contributed by atoms with van der Waals surface area (Å²) < 4.78 is 1.95. The highest BCUT2D eigenvalue weighted by atomic mass is 32.2. The van der Waals surface area contributed by atoms with E-state index < -0.39 is 11.9 Å². The lowest BCUT2D eigenvalue weighted by Crippen LogP contribution is -2.39. The maximum Gasteiger partial charge on any atom is 0.321 e. The van der Waals surface area contributed by atoms with Gasteiger partial charge in [-0.3, -0.25) is 19.7 Å². The molecule has 10 heteroatoms. The molecule has 4 aromatic rings. The van der Waals surface area contributed by atoms with Crippen LogP contribution in [-0.2, 0) is 11.3 Å². The summed E-state index contributed by atoms with van der Waals surface area (Å²) in [4.78, 5) is 29.7. The Balaban J connectivity index is 1.52. The summed E-state index contributed by atoms with van der Waals surface area (Å²) in [6, 6.07) is 15.1. The Bertz CT molecular complexity index is 1260. The zero-order chi connectivity index (χ0) is 23.9. The van der Waals surface area contributed by atoms with E-state index in [1.54, 1.807) is 23.7 Å². The molecule has 3 aromatic heterocycles. The van der Waals surface area contributed by atoms with Crippen LogP contribution >= 0.6 is 23.1 Å². The van der Waals surface area contributed by atoms with Crippen molar-refractivity contribution in [2.75, 3.05) is 5.75 Å². The Morgan fingerprint density at radius 2 is 1.94 bits per heavy atom. The van der Waals surface area contributed by atoms with Crippen LogP contribution in [0.2, 0.25) is 0 Å². The first kappa shape index (κ1) is 23.7. The number of aromatic nitrogens is 4. The predicted molar refractivity (Wildman–Crippen MR) is 134 cm³/mol. The molecule has 34 heavy (non-hydrogen) atoms. The highest BCUT2D eigenvalue weighted by Gasteiger charge is 2.20. The number of carbonyl (C=O) groups is 2. The van der Waals surface area contributed by atoms with E-state index in [0.717, 1.165) is 21.7 Å². The second kappa shape index (κ2) is 11.1. The molecule has 0 spiro atoms. The third-order valence-electron chi connectivity index (χ3n) is 4.94. The van der Waals surface area contributed by atoms with Crippen molar-refractivity contribution >= 4 is 35.0 Å². The van der Waals surface area contributed by atoms with E-state index in [0.29, 0.717) is 17.5 Å². The normalized spacial score (nSPS) is 10.9. The van der Waals surface area contributed by atoms with Gasteiger partial charge in [0.15, 0.2) is 11.0 Å². The molecule has 0 aliphatic heterocycles. The van der Waals surface area contributed by atoms with Crippen molar-refractivity contribution in [3.05, 3.63) is 76.7 Å². The van der Waals surface area contributed by atoms with Gasteiger partial charge in [0.2, 0.25) is 5.91 Å². The van der Waals surface area contributed by atoms with E-state index in [-0.39, 0.29) is 11.7 Å². The number of rotatable bonds is 8. The minimum atomic E-state index is -0.526. The molecule has 0 fully saturated rings. The van der Waals surface area contributed by atoms with Gasteiger partial charge in [-0.05, 0) is 41.1 Å². The second-order valence-corrected chi connectivity index (χ2v) is 9.67. The summed E-state index contributed by atoms with van der Waals surface area (Å²) in [5.41, 5.74) is 2.89. The molecule has 2 N–H and O–H groups in total. The Kier molecular flexibility index (Phi) is 7.71. The Morgan fingerprint density at radius 1 is 1.09 bits per heavy atom. The number of urea groups is 1. The van der Waals surface area contributed by atoms with Crippen LogP contribution in [0.25, 0.3) is 17.1 Å². The van der Waals surface area contributed by atoms with Crippen molar-refractivity contribution in [3.8, 4) is 17.1 Å². The molecule has 0 radical (unpaired) electrons. The number of carbonyl (C=O) groups excluding carboxylic acids is 2. The molecule has 1 aromatic carbocycles. The fraction of sp³-hybridized carbons (Fsp3) is 0.208. The highest BCUT2D eigenvalue weighted by Crippen LogP contribution is 2.31. The monoisotopic (exact) mass is 492 g/mol. The van der Waals surface area contributed by atoms with E-state index in [1.165, 1.54) is 11.8 Å². The number of pyridine rings is 1. The fourth-order valence-electron chi connectivity index (χ4n) is 3.36. The summed E-state index contributed by atoms with van der Waals surface area (Å²) >= 11 is 2.76. The number of imide groups is 1. The molecule has 0 aliphatic carbocycles. The lowest BCUT2D eigenvalue weighted by atomic mass is 10.0. The molecule has 8 nitrogen and oxygen atoms in total. The Morgan fingerprint density at radius 3 is 2.68 bits per heavy atom. The first-order valence-electron chi connectivity index (χ1n) is 10.7. The molecule has 0 saturated carbocycles. The molecule has 4 rings (SSSR count). The minimum absolute atomic E-state index is 0.0153. The molecule has 0 atom stereocenters. The summed E-state index contributed by atoms with van der Waals surface area (Å²) in [6.07, 6.45) is 3.44. The van der Waals surface area contributed by atoms with Gasteiger partial charge >= 0.3 is 6.03 Å². The second-order valence-electron chi connectivity index (χ2n) is 7.70. The van der Waals surface area contributed by atoms with Crippen LogP contribution in [-0.4, -0.2) is 37.4 Å². The predicted octanol–water partition coefficient (Wildman–Crippen LogP) is 4.63. The van der Waals surface area contributed by atoms with Gasteiger partial charge in [0.25, 0.3) is 0 Å². The third kappa shape index (κ3) is 5.70. The van der Waals surface area contributed by atoms with Crippen molar-refractivity contribution in [1.29, 1.82) is 0 Å². The summed E-state index contributed by atoms with van der Waals surface area (Å²) in [7, 11) is 0. The van der Waals surface area contributed by atoms with Crippen molar-refractivity contribution < 1.29 is 9.59 Å². The average molecular weight is 493 g/mol. The van der Waals surface area contributed by atoms with Gasteiger partial charge < -0.3 is 5.32 Å². The Labute approximate surface area is 205 Å². The molecule has 0 aliphatic rings. The van der Waals surface area contributed by atoms with Crippen LogP contribution < -0.4 is 10.6 Å². The van der Waals surface area contributed by atoms with E-state index in [9.17, 15) is 9.59 Å². The first-order valence-corrected chi connectivity index (χ1v) is 12.6. The van der Waals surface area contributed by atoms with Gasteiger partial charge in [-0.15, -0.1) is 21.5 Å². The number of thioether (sulfide) groups is 1. The number of hydrogen-bond acceptors (Lipinski definition) is 7. The van der Waals surface area contributed by atoms with Gasteiger partial charge in [0.05, 0.1) is 18.0 Å². The average Bonchev–Trinajstić information content (AvgIpc) is 3.52. The van der Waals surface area contributed by atoms with Gasteiger partial charge in [-0.2, -0.15) is 0 Å². The molecule has 3 heterocycles. The lowest BCUT2D eigenvalue weighted by Gasteiger charge is -2.16. The van der Waals surface area contributed by atoms with Gasteiger partial charge in [0, 0.05) is 22.8 Å². The van der Waals surface area contributed by atoms with E-state index in [1.807, 2.05) is 52.4 Å². The quantitative estimate of drug-likeness (QED) is 0.348. The number of hydrogen-bond donors (Lipinski definition) is 2. The van der Waals surface area contributed by atoms with E-state index in [2.05, 4.69) is 45.7 Å². The first-order chi connectivity index (χ1) is 16.5. The van der Waals surface area contributed by atoms with Crippen molar-refractivity contribution in [2.45, 2.75) is 31.5 Å². The molecular weight excluding hydrogens is 468 g/mol. The van der Waals surface area contributed by atoms with Crippen molar-refractivity contribution in [1.82, 2.24) is 30.4 Å². The van der Waals surface area contributed by atoms with Crippen LogP contribution in [0.1, 0.15) is 30.2 Å². The molecule has 0 saturated heterocycles. The number of nitrogens with zero attached hydrogens (tertiary/aromatic N) is 4. The maximum absolute atomic E-state index is 12.4. The van der Waals surface area contributed by atoms with Gasteiger partial charge in [-0.25, -0.2) is 4.79 Å². The van der Waals surface area contributed by atoms with Gasteiger partial charge in [0.1, 0.15) is 0 Å². The lowest BCUT2D eigenvalue weighted by molar-refractivity contribution is -0.117. The van der Waals surface area contributed by atoms with Crippen LogP contribution in [0.15, 0.2) is 71.5 Å². The topological polar surface area (TPSA) is 102 Å². The van der Waals surface area contributed by atoms with E-state index >= 15 is 0 Å². The molecule has 0 bridgehead atoms. The smallest absolute Gasteiger partial charge is 0.321 e. The van der Waals surface area contributed by atoms with Crippen molar-refractivity contribution in [3.63, 3.8) is 0 Å². The number of nitrogens with one attached hydrogen (secondary N) is 2. The zero-order valence-corrected chi connectivity index (χ0v) is 20.4. The largest absolute Gasteiger partial charge is 0.333 e. The third-order valence-corrected chi connectivity index (χ3v) is 6.75. The van der Waals surface area contributed by atoms with Crippen LogP contribution in [0.4, 0.5) is 4.79 Å². The van der Waals surface area contributed by atoms with E-state index in [4.69, 9.17) is 0 Å². The van der Waals surface area contributed by atoms with Crippen molar-refractivity contribution in [2.24, 2.45) is 0 Å².